The Hall–Kier alpha value is -1.78. The van der Waals surface area contributed by atoms with Gasteiger partial charge in [0.05, 0.1) is 19.2 Å². The van der Waals surface area contributed by atoms with Crippen LogP contribution in [0, 0.1) is 5.82 Å². The van der Waals surface area contributed by atoms with Crippen molar-refractivity contribution in [3.63, 3.8) is 0 Å². The van der Waals surface area contributed by atoms with Gasteiger partial charge in [-0.25, -0.2) is 4.39 Å². The minimum atomic E-state index is -0.260. The number of ether oxygens (including phenoxy) is 2. The molecule has 0 radical (unpaired) electrons. The van der Waals surface area contributed by atoms with E-state index in [1.165, 1.54) is 12.1 Å². The van der Waals surface area contributed by atoms with Crippen LogP contribution in [-0.2, 0) is 6.42 Å². The largest absolute Gasteiger partial charge is 0.493 e. The third-order valence-corrected chi connectivity index (χ3v) is 4.07. The average molecular weight is 324 g/mol. The van der Waals surface area contributed by atoms with E-state index >= 15 is 0 Å². The molecule has 0 aromatic heterocycles. The molecule has 0 amide bonds. The maximum atomic E-state index is 13.0. The molecule has 2 aromatic carbocycles. The molecule has 0 fully saturated rings. The van der Waals surface area contributed by atoms with Gasteiger partial charge >= 0.3 is 0 Å². The summed E-state index contributed by atoms with van der Waals surface area (Å²) in [7, 11) is 3.11. The lowest BCUT2D eigenvalue weighted by atomic mass is 9.92. The number of benzene rings is 2. The topological polar surface area (TPSA) is 44.5 Å². The Bertz CT molecular complexity index is 631. The van der Waals surface area contributed by atoms with Crippen LogP contribution in [0.2, 0.25) is 5.02 Å². The number of nitrogens with two attached hydrogens (primary N) is 1. The van der Waals surface area contributed by atoms with Crippen LogP contribution < -0.4 is 15.2 Å². The first-order valence-electron chi connectivity index (χ1n) is 6.95. The number of hydrogen-bond donors (Lipinski definition) is 1. The average Bonchev–Trinajstić information content (AvgIpc) is 2.54. The van der Waals surface area contributed by atoms with Crippen molar-refractivity contribution in [3.05, 3.63) is 58.4 Å². The fourth-order valence-corrected chi connectivity index (χ4v) is 2.74. The van der Waals surface area contributed by atoms with E-state index in [0.717, 1.165) is 11.1 Å². The van der Waals surface area contributed by atoms with E-state index in [2.05, 4.69) is 0 Å². The van der Waals surface area contributed by atoms with E-state index in [1.807, 2.05) is 12.1 Å². The molecule has 118 valence electrons. The van der Waals surface area contributed by atoms with Crippen molar-refractivity contribution in [2.75, 3.05) is 20.8 Å². The lowest BCUT2D eigenvalue weighted by molar-refractivity contribution is 0.354. The highest BCUT2D eigenvalue weighted by atomic mass is 35.5. The second kappa shape index (κ2) is 7.47. The van der Waals surface area contributed by atoms with Crippen molar-refractivity contribution >= 4 is 11.6 Å². The zero-order valence-corrected chi connectivity index (χ0v) is 13.4. The Labute approximate surface area is 134 Å². The summed E-state index contributed by atoms with van der Waals surface area (Å²) in [6.45, 7) is 0.441. The Balaban J connectivity index is 2.30. The van der Waals surface area contributed by atoms with Gasteiger partial charge < -0.3 is 15.2 Å². The molecule has 0 bridgehead atoms. The molecule has 0 aliphatic heterocycles. The highest BCUT2D eigenvalue weighted by Gasteiger charge is 2.17. The van der Waals surface area contributed by atoms with Gasteiger partial charge in [-0.3, -0.25) is 0 Å². The van der Waals surface area contributed by atoms with Gasteiger partial charge in [-0.05, 0) is 42.3 Å². The van der Waals surface area contributed by atoms with Gasteiger partial charge in [-0.1, -0.05) is 29.8 Å². The summed E-state index contributed by atoms with van der Waals surface area (Å²) < 4.78 is 23.6. The highest BCUT2D eigenvalue weighted by molar-refractivity contribution is 6.33. The molecule has 2 rings (SSSR count). The smallest absolute Gasteiger partial charge is 0.179 e. The summed E-state index contributed by atoms with van der Waals surface area (Å²) >= 11 is 6.40. The lowest BCUT2D eigenvalue weighted by Crippen LogP contribution is -2.15. The maximum Gasteiger partial charge on any atom is 0.179 e. The van der Waals surface area contributed by atoms with Gasteiger partial charge in [0.2, 0.25) is 0 Å². The van der Waals surface area contributed by atoms with E-state index in [0.29, 0.717) is 29.5 Å². The van der Waals surface area contributed by atoms with Crippen LogP contribution in [0.15, 0.2) is 36.4 Å². The number of methoxy groups -OCH3 is 2. The summed E-state index contributed by atoms with van der Waals surface area (Å²) in [5.74, 6) is 0.888. The maximum absolute atomic E-state index is 13.0. The molecule has 0 heterocycles. The first kappa shape index (κ1) is 16.6. The highest BCUT2D eigenvalue weighted by Crippen LogP contribution is 2.38. The molecular formula is C17H19ClFNO2. The molecule has 1 atom stereocenters. The Kier molecular flexibility index (Phi) is 5.63. The summed E-state index contributed by atoms with van der Waals surface area (Å²) in [6, 6.07) is 10.1. The fourth-order valence-electron chi connectivity index (χ4n) is 2.43. The zero-order chi connectivity index (χ0) is 16.1. The van der Waals surface area contributed by atoms with E-state index in [1.54, 1.807) is 26.4 Å². The van der Waals surface area contributed by atoms with Crippen LogP contribution in [0.1, 0.15) is 17.0 Å². The number of rotatable bonds is 6. The SMILES string of the molecule is COc1ccc(CC(CN)c2ccc(F)cc2)c(Cl)c1OC. The predicted molar refractivity (Wildman–Crippen MR) is 86.5 cm³/mol. The molecule has 0 saturated carbocycles. The van der Waals surface area contributed by atoms with Crippen LogP contribution in [0.3, 0.4) is 0 Å². The lowest BCUT2D eigenvalue weighted by Gasteiger charge is -2.18. The molecule has 3 nitrogen and oxygen atoms in total. The molecule has 0 aliphatic rings. The van der Waals surface area contributed by atoms with Gasteiger partial charge in [0.25, 0.3) is 0 Å². The molecule has 0 aliphatic carbocycles. The molecule has 2 aromatic rings. The Morgan fingerprint density at radius 1 is 1.09 bits per heavy atom. The fraction of sp³-hybridized carbons (Fsp3) is 0.294. The molecule has 2 N–H and O–H groups in total. The minimum Gasteiger partial charge on any atom is -0.493 e. The second-order valence-electron chi connectivity index (χ2n) is 4.96. The summed E-state index contributed by atoms with van der Waals surface area (Å²) in [4.78, 5) is 0. The number of hydrogen-bond acceptors (Lipinski definition) is 3. The minimum absolute atomic E-state index is 0.0520. The first-order valence-corrected chi connectivity index (χ1v) is 7.33. The summed E-state index contributed by atoms with van der Waals surface area (Å²) in [5, 5.41) is 0.516. The van der Waals surface area contributed by atoms with Crippen LogP contribution in [0.25, 0.3) is 0 Å². The Morgan fingerprint density at radius 3 is 2.32 bits per heavy atom. The monoisotopic (exact) mass is 323 g/mol. The van der Waals surface area contributed by atoms with Crippen LogP contribution >= 0.6 is 11.6 Å². The molecule has 1 unspecified atom stereocenters. The third kappa shape index (κ3) is 3.51. The molecule has 5 heteroatoms. The summed E-state index contributed by atoms with van der Waals surface area (Å²) in [6.07, 6.45) is 0.640. The predicted octanol–water partition coefficient (Wildman–Crippen LogP) is 3.78. The van der Waals surface area contributed by atoms with E-state index < -0.39 is 0 Å². The van der Waals surface area contributed by atoms with Crippen molar-refractivity contribution in [3.8, 4) is 11.5 Å². The van der Waals surface area contributed by atoms with Crippen LogP contribution in [0.5, 0.6) is 11.5 Å². The van der Waals surface area contributed by atoms with Gasteiger partial charge in [0, 0.05) is 5.92 Å². The molecular weight excluding hydrogens is 305 g/mol. The van der Waals surface area contributed by atoms with E-state index in [4.69, 9.17) is 26.8 Å². The molecule has 0 saturated heterocycles. The number of halogens is 2. The van der Waals surface area contributed by atoms with Gasteiger partial charge in [-0.15, -0.1) is 0 Å². The van der Waals surface area contributed by atoms with Crippen molar-refractivity contribution in [2.45, 2.75) is 12.3 Å². The van der Waals surface area contributed by atoms with E-state index in [9.17, 15) is 4.39 Å². The van der Waals surface area contributed by atoms with Gasteiger partial charge in [0.1, 0.15) is 5.82 Å². The van der Waals surface area contributed by atoms with Crippen molar-refractivity contribution in [2.24, 2.45) is 5.73 Å². The Morgan fingerprint density at radius 2 is 1.77 bits per heavy atom. The van der Waals surface area contributed by atoms with Crippen LogP contribution in [-0.4, -0.2) is 20.8 Å². The third-order valence-electron chi connectivity index (χ3n) is 3.66. The van der Waals surface area contributed by atoms with Gasteiger partial charge in [-0.2, -0.15) is 0 Å². The first-order chi connectivity index (χ1) is 10.6. The van der Waals surface area contributed by atoms with E-state index in [-0.39, 0.29) is 11.7 Å². The molecule has 0 spiro atoms. The molecule has 22 heavy (non-hydrogen) atoms. The zero-order valence-electron chi connectivity index (χ0n) is 12.6. The summed E-state index contributed by atoms with van der Waals surface area (Å²) in [5.41, 5.74) is 7.77. The second-order valence-corrected chi connectivity index (χ2v) is 5.34. The standard InChI is InChI=1S/C17H19ClFNO2/c1-21-15-8-5-12(16(18)17(15)22-2)9-13(10-20)11-3-6-14(19)7-4-11/h3-8,13H,9-10,20H2,1-2H3. The normalized spacial score (nSPS) is 12.0. The van der Waals surface area contributed by atoms with Crippen molar-refractivity contribution < 1.29 is 13.9 Å². The van der Waals surface area contributed by atoms with Gasteiger partial charge in [0.15, 0.2) is 11.5 Å². The van der Waals surface area contributed by atoms with Crippen molar-refractivity contribution in [1.29, 1.82) is 0 Å². The quantitative estimate of drug-likeness (QED) is 0.880. The van der Waals surface area contributed by atoms with Crippen LogP contribution in [0.4, 0.5) is 4.39 Å². The van der Waals surface area contributed by atoms with Crippen molar-refractivity contribution in [1.82, 2.24) is 0 Å².